The number of benzene rings is 2. The van der Waals surface area contributed by atoms with E-state index in [0.717, 1.165) is 12.1 Å². The van der Waals surface area contributed by atoms with Gasteiger partial charge >= 0.3 is 18.3 Å². The van der Waals surface area contributed by atoms with Gasteiger partial charge in [-0.1, -0.05) is 18.2 Å². The molecule has 1 atom stereocenters. The van der Waals surface area contributed by atoms with Crippen molar-refractivity contribution in [1.29, 1.82) is 0 Å². The molecule has 0 bridgehead atoms. The summed E-state index contributed by atoms with van der Waals surface area (Å²) >= 11 is 0. The minimum atomic E-state index is -5.15. The van der Waals surface area contributed by atoms with Crippen LogP contribution in [0.15, 0.2) is 48.5 Å². The number of amides is 1. The van der Waals surface area contributed by atoms with Crippen LogP contribution < -0.4 is 15.4 Å². The molecule has 2 aromatic rings. The molecular formula is C21H22F6N2O3. The van der Waals surface area contributed by atoms with Gasteiger partial charge in [0.1, 0.15) is 5.75 Å². The number of aliphatic hydroxyl groups excluding tert-OH is 1. The van der Waals surface area contributed by atoms with Crippen LogP contribution in [0.25, 0.3) is 0 Å². The third-order valence-corrected chi connectivity index (χ3v) is 4.43. The molecule has 0 aliphatic heterocycles. The molecule has 0 aromatic heterocycles. The molecule has 0 radical (unpaired) electrons. The lowest BCUT2D eigenvalue weighted by atomic mass is 10.0. The first-order valence-corrected chi connectivity index (χ1v) is 9.40. The Kier molecular flexibility index (Phi) is 7.79. The molecule has 5 nitrogen and oxygen atoms in total. The second-order valence-corrected chi connectivity index (χ2v) is 7.49. The Balaban J connectivity index is 2.08. The Morgan fingerprint density at radius 2 is 1.69 bits per heavy atom. The zero-order chi connectivity index (χ0) is 24.2. The van der Waals surface area contributed by atoms with E-state index >= 15 is 0 Å². The van der Waals surface area contributed by atoms with Gasteiger partial charge in [0.2, 0.25) is 0 Å². The fourth-order valence-electron chi connectivity index (χ4n) is 2.76. The molecule has 0 fully saturated rings. The van der Waals surface area contributed by atoms with E-state index in [2.05, 4.69) is 0 Å². The summed E-state index contributed by atoms with van der Waals surface area (Å²) in [6.07, 6.45) is -9.43. The maximum atomic E-state index is 13.0. The van der Waals surface area contributed by atoms with Crippen LogP contribution >= 0.6 is 0 Å². The Hall–Kier alpha value is -2.79. The monoisotopic (exact) mass is 464 g/mol. The maximum absolute atomic E-state index is 13.0. The van der Waals surface area contributed by atoms with Crippen LogP contribution in [0.2, 0.25) is 0 Å². The van der Waals surface area contributed by atoms with Crippen LogP contribution in [0.4, 0.5) is 32.0 Å². The van der Waals surface area contributed by atoms with Gasteiger partial charge in [-0.05, 0) is 42.8 Å². The molecule has 0 saturated heterocycles. The van der Waals surface area contributed by atoms with Crippen molar-refractivity contribution in [3.63, 3.8) is 0 Å². The molecule has 0 saturated carbocycles. The number of aliphatic hydroxyl groups is 1. The Labute approximate surface area is 180 Å². The standard InChI is InChI=1S/C21H22F6N2O3/c1-19(28,13-30)12-29(18(31)21(25,26)27)16-5-7-17(8-6-16)32-10-9-14-3-2-4-15(11-14)20(22,23)24/h2-8,11,30H,9-10,12-13,28H2,1H3/t19-/m0/s1. The average Bonchev–Trinajstić information content (AvgIpc) is 2.71. The van der Waals surface area contributed by atoms with Crippen molar-refractivity contribution in [1.82, 2.24) is 0 Å². The normalized spacial score (nSPS) is 14.0. The average molecular weight is 464 g/mol. The van der Waals surface area contributed by atoms with Gasteiger partial charge in [-0.15, -0.1) is 0 Å². The molecule has 0 unspecified atom stereocenters. The highest BCUT2D eigenvalue weighted by Crippen LogP contribution is 2.30. The van der Waals surface area contributed by atoms with Gasteiger partial charge in [0.15, 0.2) is 0 Å². The van der Waals surface area contributed by atoms with Crippen molar-refractivity contribution in [2.24, 2.45) is 5.73 Å². The van der Waals surface area contributed by atoms with Crippen LogP contribution in [-0.4, -0.2) is 42.5 Å². The van der Waals surface area contributed by atoms with E-state index in [1.165, 1.54) is 43.3 Å². The van der Waals surface area contributed by atoms with Crippen molar-refractivity contribution in [3.05, 3.63) is 59.7 Å². The second kappa shape index (κ2) is 9.78. The van der Waals surface area contributed by atoms with Crippen molar-refractivity contribution >= 4 is 11.6 Å². The molecule has 2 rings (SSSR count). The van der Waals surface area contributed by atoms with Gasteiger partial charge in [0, 0.05) is 18.7 Å². The van der Waals surface area contributed by atoms with Crippen LogP contribution in [0, 0.1) is 0 Å². The summed E-state index contributed by atoms with van der Waals surface area (Å²) < 4.78 is 82.7. The van der Waals surface area contributed by atoms with Crippen molar-refractivity contribution in [2.45, 2.75) is 31.2 Å². The number of halogens is 6. The number of hydrogen-bond donors (Lipinski definition) is 2. The van der Waals surface area contributed by atoms with Gasteiger partial charge < -0.3 is 20.5 Å². The first-order chi connectivity index (χ1) is 14.7. The number of nitrogens with two attached hydrogens (primary N) is 1. The highest BCUT2D eigenvalue weighted by Gasteiger charge is 2.44. The summed E-state index contributed by atoms with van der Waals surface area (Å²) in [4.78, 5) is 12.2. The minimum Gasteiger partial charge on any atom is -0.493 e. The molecule has 3 N–H and O–H groups in total. The molecular weight excluding hydrogens is 442 g/mol. The van der Waals surface area contributed by atoms with E-state index in [4.69, 9.17) is 10.5 Å². The smallest absolute Gasteiger partial charge is 0.471 e. The van der Waals surface area contributed by atoms with Gasteiger partial charge in [-0.2, -0.15) is 26.3 Å². The topological polar surface area (TPSA) is 75.8 Å². The molecule has 0 aliphatic rings. The van der Waals surface area contributed by atoms with E-state index in [0.29, 0.717) is 10.5 Å². The Morgan fingerprint density at radius 1 is 1.06 bits per heavy atom. The van der Waals surface area contributed by atoms with Crippen LogP contribution in [0.1, 0.15) is 18.1 Å². The number of rotatable bonds is 8. The molecule has 32 heavy (non-hydrogen) atoms. The second-order valence-electron chi connectivity index (χ2n) is 7.49. The summed E-state index contributed by atoms with van der Waals surface area (Å²) in [5.41, 5.74) is 3.77. The zero-order valence-electron chi connectivity index (χ0n) is 17.0. The zero-order valence-corrected chi connectivity index (χ0v) is 17.0. The summed E-state index contributed by atoms with van der Waals surface area (Å²) in [7, 11) is 0. The minimum absolute atomic E-state index is 0.0250. The van der Waals surface area contributed by atoms with Gasteiger partial charge in [-0.3, -0.25) is 4.79 Å². The Morgan fingerprint density at radius 3 is 2.22 bits per heavy atom. The molecule has 11 heteroatoms. The predicted molar refractivity (Wildman–Crippen MR) is 105 cm³/mol. The quantitative estimate of drug-likeness (QED) is 0.581. The number of hydrogen-bond acceptors (Lipinski definition) is 4. The van der Waals surface area contributed by atoms with Crippen molar-refractivity contribution in [3.8, 4) is 5.75 Å². The Bertz CT molecular complexity index is 911. The van der Waals surface area contributed by atoms with Crippen molar-refractivity contribution < 1.29 is 41.0 Å². The summed E-state index contributed by atoms with van der Waals surface area (Å²) in [6.45, 7) is 0.0924. The lowest BCUT2D eigenvalue weighted by Crippen LogP contribution is -2.55. The number of alkyl halides is 6. The molecule has 176 valence electrons. The maximum Gasteiger partial charge on any atom is 0.471 e. The van der Waals surface area contributed by atoms with E-state index in [1.807, 2.05) is 0 Å². The summed E-state index contributed by atoms with van der Waals surface area (Å²) in [5, 5.41) is 9.24. The number of carbonyl (C=O) groups excluding carboxylic acids is 1. The number of nitrogens with zero attached hydrogens (tertiary/aromatic N) is 1. The highest BCUT2D eigenvalue weighted by molar-refractivity contribution is 5.97. The predicted octanol–water partition coefficient (Wildman–Crippen LogP) is 3.93. The van der Waals surface area contributed by atoms with Crippen molar-refractivity contribution in [2.75, 3.05) is 24.7 Å². The first kappa shape index (κ1) is 25.5. The van der Waals surface area contributed by atoms with Crippen LogP contribution in [0.3, 0.4) is 0 Å². The molecule has 2 aromatic carbocycles. The largest absolute Gasteiger partial charge is 0.493 e. The van der Waals surface area contributed by atoms with Crippen LogP contribution in [0.5, 0.6) is 5.75 Å². The number of ether oxygens (including phenoxy) is 1. The highest BCUT2D eigenvalue weighted by atomic mass is 19.4. The molecule has 0 spiro atoms. The fraction of sp³-hybridized carbons (Fsp3) is 0.381. The molecule has 0 aliphatic carbocycles. The van der Waals surface area contributed by atoms with E-state index in [-0.39, 0.29) is 24.5 Å². The summed E-state index contributed by atoms with van der Waals surface area (Å²) in [5.74, 6) is -1.89. The van der Waals surface area contributed by atoms with Gasteiger partial charge in [-0.25, -0.2) is 0 Å². The van der Waals surface area contributed by atoms with Gasteiger partial charge in [0.05, 0.1) is 24.3 Å². The fourth-order valence-corrected chi connectivity index (χ4v) is 2.76. The van der Waals surface area contributed by atoms with E-state index in [1.54, 1.807) is 0 Å². The molecule has 1 amide bonds. The van der Waals surface area contributed by atoms with Gasteiger partial charge in [0.25, 0.3) is 0 Å². The lowest BCUT2D eigenvalue weighted by Gasteiger charge is -2.31. The van der Waals surface area contributed by atoms with Crippen LogP contribution in [-0.2, 0) is 17.4 Å². The number of carbonyl (C=O) groups is 1. The summed E-state index contributed by atoms with van der Waals surface area (Å²) in [6, 6.07) is 9.87. The SMILES string of the molecule is C[C@@](N)(CO)CN(C(=O)C(F)(F)F)c1ccc(OCCc2cccc(C(F)(F)F)c2)cc1. The first-order valence-electron chi connectivity index (χ1n) is 9.40. The third-order valence-electron chi connectivity index (χ3n) is 4.43. The molecule has 0 heterocycles. The van der Waals surface area contributed by atoms with E-state index < -0.39 is 42.5 Å². The lowest BCUT2D eigenvalue weighted by molar-refractivity contribution is -0.170. The third kappa shape index (κ3) is 7.13. The van der Waals surface area contributed by atoms with E-state index in [9.17, 15) is 36.2 Å². The number of anilines is 1.